The van der Waals surface area contributed by atoms with Crippen molar-refractivity contribution in [3.63, 3.8) is 0 Å². The predicted molar refractivity (Wildman–Crippen MR) is 53.2 cm³/mol. The van der Waals surface area contributed by atoms with Crippen LogP contribution in [-0.2, 0) is 9.53 Å². The molecule has 0 aromatic rings. The fourth-order valence-corrected chi connectivity index (χ4v) is 1.98. The Kier molecular flexibility index (Phi) is 3.89. The normalized spacial score (nSPS) is 30.5. The van der Waals surface area contributed by atoms with Crippen molar-refractivity contribution in [3.8, 4) is 0 Å². The third-order valence-corrected chi connectivity index (χ3v) is 3.08. The summed E-state index contributed by atoms with van der Waals surface area (Å²) in [7, 11) is 1.69. The lowest BCUT2D eigenvalue weighted by Crippen LogP contribution is -2.37. The number of hydrogen-bond acceptors (Lipinski definition) is 3. The molecule has 82 valence electrons. The molecule has 14 heavy (non-hydrogen) atoms. The first-order chi connectivity index (χ1) is 6.56. The van der Waals surface area contributed by atoms with Crippen LogP contribution in [0.2, 0.25) is 0 Å². The summed E-state index contributed by atoms with van der Waals surface area (Å²) in [5.41, 5.74) is 0. The van der Waals surface area contributed by atoms with E-state index in [1.807, 2.05) is 4.90 Å². The molecule has 0 saturated carbocycles. The van der Waals surface area contributed by atoms with Crippen LogP contribution in [0.25, 0.3) is 0 Å². The number of methoxy groups -OCH3 is 1. The van der Waals surface area contributed by atoms with Gasteiger partial charge in [0.25, 0.3) is 0 Å². The molecule has 4 heteroatoms. The summed E-state index contributed by atoms with van der Waals surface area (Å²) in [6.45, 7) is 6.32. The van der Waals surface area contributed by atoms with E-state index in [2.05, 4.69) is 6.92 Å². The van der Waals surface area contributed by atoms with Gasteiger partial charge in [0.1, 0.15) is 6.04 Å². The highest BCUT2D eigenvalue weighted by atomic mass is 16.5. The van der Waals surface area contributed by atoms with Gasteiger partial charge in [-0.1, -0.05) is 6.92 Å². The minimum absolute atomic E-state index is 0.376. The number of carboxylic acid groups (broad SMARTS) is 1. The van der Waals surface area contributed by atoms with Crippen LogP contribution in [-0.4, -0.2) is 48.8 Å². The van der Waals surface area contributed by atoms with Crippen LogP contribution in [0.4, 0.5) is 0 Å². The molecule has 1 fully saturated rings. The van der Waals surface area contributed by atoms with Gasteiger partial charge in [0.15, 0.2) is 0 Å². The Morgan fingerprint density at radius 2 is 2.29 bits per heavy atom. The van der Waals surface area contributed by atoms with Gasteiger partial charge in [0.2, 0.25) is 0 Å². The highest BCUT2D eigenvalue weighted by Gasteiger charge is 2.34. The van der Waals surface area contributed by atoms with Gasteiger partial charge in [-0.15, -0.1) is 0 Å². The van der Waals surface area contributed by atoms with Gasteiger partial charge in [-0.2, -0.15) is 0 Å². The van der Waals surface area contributed by atoms with Crippen LogP contribution in [0.1, 0.15) is 13.8 Å². The predicted octanol–water partition coefficient (Wildman–Crippen LogP) is 0.674. The summed E-state index contributed by atoms with van der Waals surface area (Å²) in [5.74, 6) is 0.258. The summed E-state index contributed by atoms with van der Waals surface area (Å²) >= 11 is 0. The molecule has 0 aromatic heterocycles. The molecule has 1 N–H and O–H groups in total. The second-order valence-corrected chi connectivity index (χ2v) is 4.16. The topological polar surface area (TPSA) is 49.8 Å². The van der Waals surface area contributed by atoms with Crippen molar-refractivity contribution >= 4 is 5.97 Å². The number of aliphatic carboxylic acids is 1. The fraction of sp³-hybridized carbons (Fsp3) is 0.900. The zero-order valence-corrected chi connectivity index (χ0v) is 9.06. The van der Waals surface area contributed by atoms with Crippen LogP contribution in [0, 0.1) is 11.8 Å². The van der Waals surface area contributed by atoms with Crippen LogP contribution >= 0.6 is 0 Å². The number of carboxylic acids is 1. The van der Waals surface area contributed by atoms with E-state index < -0.39 is 5.97 Å². The number of nitrogens with zero attached hydrogens (tertiary/aromatic N) is 1. The van der Waals surface area contributed by atoms with Gasteiger partial charge in [-0.05, 0) is 18.8 Å². The average Bonchev–Trinajstić information content (AvgIpc) is 2.47. The van der Waals surface area contributed by atoms with E-state index in [1.54, 1.807) is 14.0 Å². The zero-order chi connectivity index (χ0) is 10.7. The molecule has 1 aliphatic heterocycles. The lowest BCUT2D eigenvalue weighted by atomic mass is 10.00. The monoisotopic (exact) mass is 201 g/mol. The third-order valence-electron chi connectivity index (χ3n) is 3.08. The maximum atomic E-state index is 10.8. The molecule has 0 radical (unpaired) electrons. The molecule has 1 rings (SSSR count). The van der Waals surface area contributed by atoms with Gasteiger partial charge in [-0.3, -0.25) is 9.69 Å². The Morgan fingerprint density at radius 3 is 2.79 bits per heavy atom. The van der Waals surface area contributed by atoms with Crippen LogP contribution in [0.3, 0.4) is 0 Å². The van der Waals surface area contributed by atoms with Gasteiger partial charge < -0.3 is 9.84 Å². The number of likely N-dealkylation sites (tertiary alicyclic amines) is 1. The average molecular weight is 201 g/mol. The van der Waals surface area contributed by atoms with E-state index in [4.69, 9.17) is 9.84 Å². The number of hydrogen-bond donors (Lipinski definition) is 1. The highest BCUT2D eigenvalue weighted by Crippen LogP contribution is 2.24. The first kappa shape index (κ1) is 11.5. The Morgan fingerprint density at radius 1 is 1.64 bits per heavy atom. The molecular weight excluding hydrogens is 182 g/mol. The Hall–Kier alpha value is -0.610. The molecule has 1 aliphatic rings. The molecule has 0 spiro atoms. The third kappa shape index (κ3) is 2.45. The molecule has 0 aliphatic carbocycles. The van der Waals surface area contributed by atoms with Gasteiger partial charge in [0, 0.05) is 20.2 Å². The molecule has 3 atom stereocenters. The van der Waals surface area contributed by atoms with Gasteiger partial charge >= 0.3 is 5.97 Å². The molecule has 0 amide bonds. The molecule has 4 nitrogen and oxygen atoms in total. The lowest BCUT2D eigenvalue weighted by Gasteiger charge is -2.20. The van der Waals surface area contributed by atoms with E-state index in [1.165, 1.54) is 0 Å². The molecule has 0 unspecified atom stereocenters. The van der Waals surface area contributed by atoms with E-state index >= 15 is 0 Å². The summed E-state index contributed by atoms with van der Waals surface area (Å²) in [5, 5.41) is 8.87. The maximum absolute atomic E-state index is 10.8. The second-order valence-electron chi connectivity index (χ2n) is 4.16. The van der Waals surface area contributed by atoms with Crippen molar-refractivity contribution in [1.82, 2.24) is 4.90 Å². The Balaban J connectivity index is 2.49. The summed E-state index contributed by atoms with van der Waals surface area (Å²) in [4.78, 5) is 12.8. The Labute approximate surface area is 84.8 Å². The van der Waals surface area contributed by atoms with E-state index in [9.17, 15) is 4.79 Å². The van der Waals surface area contributed by atoms with E-state index in [-0.39, 0.29) is 6.04 Å². The first-order valence-electron chi connectivity index (χ1n) is 5.02. The van der Waals surface area contributed by atoms with Crippen molar-refractivity contribution in [2.45, 2.75) is 19.9 Å². The van der Waals surface area contributed by atoms with Crippen molar-refractivity contribution in [2.75, 3.05) is 26.8 Å². The summed E-state index contributed by atoms with van der Waals surface area (Å²) in [6.07, 6.45) is 0. The highest BCUT2D eigenvalue weighted by molar-refractivity contribution is 5.72. The smallest absolute Gasteiger partial charge is 0.320 e. The number of ether oxygens (including phenoxy) is 1. The molecule has 0 bridgehead atoms. The lowest BCUT2D eigenvalue weighted by molar-refractivity contribution is -0.142. The van der Waals surface area contributed by atoms with Crippen LogP contribution < -0.4 is 0 Å². The van der Waals surface area contributed by atoms with E-state index in [0.717, 1.165) is 19.7 Å². The number of rotatable bonds is 4. The van der Waals surface area contributed by atoms with Crippen molar-refractivity contribution in [3.05, 3.63) is 0 Å². The zero-order valence-electron chi connectivity index (χ0n) is 9.06. The molecular formula is C10H19NO3. The van der Waals surface area contributed by atoms with Crippen LogP contribution in [0.15, 0.2) is 0 Å². The Bertz CT molecular complexity index is 208. The summed E-state index contributed by atoms with van der Waals surface area (Å²) < 4.78 is 5.11. The first-order valence-corrected chi connectivity index (χ1v) is 5.02. The van der Waals surface area contributed by atoms with E-state index in [0.29, 0.717) is 11.8 Å². The van der Waals surface area contributed by atoms with Crippen molar-refractivity contribution < 1.29 is 14.6 Å². The standard InChI is InChI=1S/C10H19NO3/c1-7-4-11(8(2)10(12)13)5-9(7)6-14-3/h7-9H,4-6H2,1-3H3,(H,12,13)/t7-,8+,9+/m1/s1. The minimum Gasteiger partial charge on any atom is -0.480 e. The number of carbonyl (C=O) groups is 1. The fourth-order valence-electron chi connectivity index (χ4n) is 1.98. The molecule has 0 aromatic carbocycles. The SMILES string of the molecule is COC[C@@H]1CN([C@@H](C)C(=O)O)C[C@H]1C. The maximum Gasteiger partial charge on any atom is 0.320 e. The quantitative estimate of drug-likeness (QED) is 0.726. The minimum atomic E-state index is -0.740. The van der Waals surface area contributed by atoms with Gasteiger partial charge in [-0.25, -0.2) is 0 Å². The largest absolute Gasteiger partial charge is 0.480 e. The van der Waals surface area contributed by atoms with Crippen molar-refractivity contribution in [1.29, 1.82) is 0 Å². The molecule has 1 heterocycles. The summed E-state index contributed by atoms with van der Waals surface area (Å²) in [6, 6.07) is -0.376. The van der Waals surface area contributed by atoms with Crippen molar-refractivity contribution in [2.24, 2.45) is 11.8 Å². The second kappa shape index (κ2) is 4.75. The van der Waals surface area contributed by atoms with Crippen LogP contribution in [0.5, 0.6) is 0 Å². The molecule has 1 saturated heterocycles. The van der Waals surface area contributed by atoms with Gasteiger partial charge in [0.05, 0.1) is 6.61 Å².